The summed E-state index contributed by atoms with van der Waals surface area (Å²) >= 11 is 11.2. The van der Waals surface area contributed by atoms with E-state index in [0.717, 1.165) is 18.2 Å². The molecule has 0 saturated heterocycles. The second-order valence-electron chi connectivity index (χ2n) is 4.76. The number of halogens is 5. The molecule has 134 valence electrons. The lowest BCUT2D eigenvalue weighted by Crippen LogP contribution is -2.00. The van der Waals surface area contributed by atoms with Crippen molar-refractivity contribution < 1.29 is 32.9 Å². The molecule has 0 radical (unpaired) electrons. The van der Waals surface area contributed by atoms with Crippen LogP contribution in [0.15, 0.2) is 29.2 Å². The molecule has 2 rings (SSSR count). The van der Waals surface area contributed by atoms with Crippen molar-refractivity contribution in [1.82, 2.24) is 0 Å². The Morgan fingerprint density at radius 2 is 1.76 bits per heavy atom. The van der Waals surface area contributed by atoms with Crippen molar-refractivity contribution in [1.29, 1.82) is 0 Å². The van der Waals surface area contributed by atoms with Crippen LogP contribution in [0.3, 0.4) is 0 Å². The molecule has 0 unspecified atom stereocenters. The summed E-state index contributed by atoms with van der Waals surface area (Å²) in [7, 11) is 0. The van der Waals surface area contributed by atoms with Gasteiger partial charge in [0.15, 0.2) is 0 Å². The molecule has 2 aromatic rings. The molecule has 2 N–H and O–H groups in total. The Balaban J connectivity index is 2.36. The molecule has 0 bridgehead atoms. The Morgan fingerprint density at radius 3 is 2.24 bits per heavy atom. The Kier molecular flexibility index (Phi) is 5.65. The van der Waals surface area contributed by atoms with Gasteiger partial charge in [-0.05, 0) is 30.8 Å². The van der Waals surface area contributed by atoms with Crippen LogP contribution in [0, 0.1) is 6.92 Å². The number of alkyl halides is 3. The molecular weight excluding hydrogens is 404 g/mol. The maximum absolute atomic E-state index is 12.5. The molecule has 0 aliphatic rings. The van der Waals surface area contributed by atoms with Gasteiger partial charge in [-0.1, -0.05) is 23.2 Å². The van der Waals surface area contributed by atoms with Gasteiger partial charge in [-0.15, -0.1) is 0 Å². The summed E-state index contributed by atoms with van der Waals surface area (Å²) in [5.41, 5.74) is -4.72. The Hall–Kier alpha value is -1.77. The summed E-state index contributed by atoms with van der Waals surface area (Å²) in [4.78, 5) is 10.6. The molecule has 2 aromatic carbocycles. The third-order valence-corrected chi connectivity index (χ3v) is 4.72. The van der Waals surface area contributed by atoms with E-state index in [0.29, 0.717) is 0 Å². The number of hydrogen-bond acceptors (Lipinski definition) is 4. The monoisotopic (exact) mass is 412 g/mol. The van der Waals surface area contributed by atoms with Crippen molar-refractivity contribution in [2.24, 2.45) is 0 Å². The van der Waals surface area contributed by atoms with Gasteiger partial charge in [0.1, 0.15) is 22.8 Å². The number of carboxylic acid groups (broad SMARTS) is 1. The first-order valence-electron chi connectivity index (χ1n) is 6.48. The predicted octanol–water partition coefficient (Wildman–Crippen LogP) is 6.11. The van der Waals surface area contributed by atoms with Crippen LogP contribution in [-0.2, 0) is 0 Å². The molecule has 0 aliphatic heterocycles. The highest BCUT2D eigenvalue weighted by Crippen LogP contribution is 2.46. The number of rotatable bonds is 4. The molecule has 0 aliphatic carbocycles. The lowest BCUT2D eigenvalue weighted by atomic mass is 10.1. The third-order valence-electron chi connectivity index (χ3n) is 3.03. The van der Waals surface area contributed by atoms with E-state index in [-0.39, 0.29) is 37.6 Å². The van der Waals surface area contributed by atoms with Crippen LogP contribution in [-0.4, -0.2) is 21.7 Å². The van der Waals surface area contributed by atoms with Crippen molar-refractivity contribution in [3.8, 4) is 17.2 Å². The molecular formula is C15H9Cl2F3O4S. The Labute approximate surface area is 154 Å². The van der Waals surface area contributed by atoms with Gasteiger partial charge in [0, 0.05) is 17.7 Å². The fourth-order valence-corrected chi connectivity index (χ4v) is 3.14. The zero-order valence-corrected chi connectivity index (χ0v) is 14.6. The quantitative estimate of drug-likeness (QED) is 0.592. The van der Waals surface area contributed by atoms with Crippen molar-refractivity contribution in [3.05, 3.63) is 45.4 Å². The van der Waals surface area contributed by atoms with E-state index < -0.39 is 29.0 Å². The molecule has 0 fully saturated rings. The number of hydrogen-bond donors (Lipinski definition) is 2. The van der Waals surface area contributed by atoms with Crippen LogP contribution >= 0.6 is 35.0 Å². The topological polar surface area (TPSA) is 66.8 Å². The number of carbonyl (C=O) groups is 1. The van der Waals surface area contributed by atoms with Gasteiger partial charge in [0.25, 0.3) is 0 Å². The SMILES string of the molecule is Cc1c(Oc2cc(Cl)c(SC(F)(F)F)c(Cl)c2)ccc(C(=O)O)c1O. The van der Waals surface area contributed by atoms with Crippen LogP contribution in [0.1, 0.15) is 15.9 Å². The van der Waals surface area contributed by atoms with E-state index in [2.05, 4.69) is 0 Å². The number of carboxylic acids is 1. The molecule has 0 saturated carbocycles. The van der Waals surface area contributed by atoms with E-state index in [1.807, 2.05) is 0 Å². The van der Waals surface area contributed by atoms with Gasteiger partial charge in [-0.2, -0.15) is 13.2 Å². The van der Waals surface area contributed by atoms with Crippen molar-refractivity contribution >= 4 is 40.9 Å². The van der Waals surface area contributed by atoms with Crippen LogP contribution < -0.4 is 4.74 Å². The summed E-state index contributed by atoms with van der Waals surface area (Å²) in [5, 5.41) is 18.3. The van der Waals surface area contributed by atoms with Crippen molar-refractivity contribution in [2.75, 3.05) is 0 Å². The van der Waals surface area contributed by atoms with Gasteiger partial charge in [-0.25, -0.2) is 4.79 Å². The fourth-order valence-electron chi connectivity index (χ4n) is 1.90. The summed E-state index contributed by atoms with van der Waals surface area (Å²) in [6.45, 7) is 1.42. The first-order chi connectivity index (χ1) is 11.5. The van der Waals surface area contributed by atoms with Crippen LogP contribution in [0.5, 0.6) is 17.2 Å². The maximum Gasteiger partial charge on any atom is 0.446 e. The minimum atomic E-state index is -4.55. The van der Waals surface area contributed by atoms with Crippen molar-refractivity contribution in [3.63, 3.8) is 0 Å². The predicted molar refractivity (Wildman–Crippen MR) is 88.3 cm³/mol. The molecule has 0 aromatic heterocycles. The Bertz CT molecular complexity index is 817. The van der Waals surface area contributed by atoms with E-state index >= 15 is 0 Å². The first-order valence-corrected chi connectivity index (χ1v) is 8.05. The minimum Gasteiger partial charge on any atom is -0.507 e. The zero-order chi connectivity index (χ0) is 18.9. The van der Waals surface area contributed by atoms with Gasteiger partial charge < -0.3 is 14.9 Å². The summed E-state index contributed by atoms with van der Waals surface area (Å²) in [6.07, 6.45) is 0. The van der Waals surface area contributed by atoms with Gasteiger partial charge >= 0.3 is 11.5 Å². The number of aromatic carboxylic acids is 1. The molecule has 0 heterocycles. The number of ether oxygens (including phenoxy) is 1. The van der Waals surface area contributed by atoms with E-state index in [1.54, 1.807) is 0 Å². The molecule has 10 heteroatoms. The summed E-state index contributed by atoms with van der Waals surface area (Å²) in [5.74, 6) is -1.66. The number of phenols is 1. The lowest BCUT2D eigenvalue weighted by molar-refractivity contribution is -0.0328. The van der Waals surface area contributed by atoms with Crippen LogP contribution in [0.4, 0.5) is 13.2 Å². The normalized spacial score (nSPS) is 11.4. The number of benzene rings is 2. The average Bonchev–Trinajstić information content (AvgIpc) is 2.46. The minimum absolute atomic E-state index is 0.0344. The Morgan fingerprint density at radius 1 is 1.20 bits per heavy atom. The molecule has 25 heavy (non-hydrogen) atoms. The molecule has 4 nitrogen and oxygen atoms in total. The van der Waals surface area contributed by atoms with Crippen LogP contribution in [0.25, 0.3) is 0 Å². The third kappa shape index (κ3) is 4.65. The molecule has 0 atom stereocenters. The fraction of sp³-hybridized carbons (Fsp3) is 0.133. The number of thioether (sulfide) groups is 1. The van der Waals surface area contributed by atoms with Crippen molar-refractivity contribution in [2.45, 2.75) is 17.3 Å². The largest absolute Gasteiger partial charge is 0.507 e. The maximum atomic E-state index is 12.5. The van der Waals surface area contributed by atoms with E-state index in [4.69, 9.17) is 33.0 Å². The second-order valence-corrected chi connectivity index (χ2v) is 6.65. The van der Waals surface area contributed by atoms with Crippen LogP contribution in [0.2, 0.25) is 10.0 Å². The highest BCUT2D eigenvalue weighted by molar-refractivity contribution is 8.00. The van der Waals surface area contributed by atoms with Gasteiger partial charge in [0.05, 0.1) is 14.9 Å². The zero-order valence-electron chi connectivity index (χ0n) is 12.3. The van der Waals surface area contributed by atoms with E-state index in [1.165, 1.54) is 13.0 Å². The lowest BCUT2D eigenvalue weighted by Gasteiger charge is -2.14. The molecule has 0 amide bonds. The second kappa shape index (κ2) is 7.23. The molecule has 0 spiro atoms. The standard InChI is InChI=1S/C15H9Cl2F3O4S/c1-6-11(3-2-8(12(6)21)14(22)23)24-7-4-9(16)13(10(17)5-7)25-15(18,19)20/h2-5,21H,1H3,(H,22,23). The van der Waals surface area contributed by atoms with E-state index in [9.17, 15) is 23.1 Å². The summed E-state index contributed by atoms with van der Waals surface area (Å²) in [6, 6.07) is 4.72. The highest BCUT2D eigenvalue weighted by Gasteiger charge is 2.32. The smallest absolute Gasteiger partial charge is 0.446 e. The van der Waals surface area contributed by atoms with Gasteiger partial charge in [0.2, 0.25) is 0 Å². The average molecular weight is 413 g/mol. The highest BCUT2D eigenvalue weighted by atomic mass is 35.5. The summed E-state index contributed by atoms with van der Waals surface area (Å²) < 4.78 is 42.9. The van der Waals surface area contributed by atoms with Gasteiger partial charge in [-0.3, -0.25) is 0 Å². The first kappa shape index (κ1) is 19.6. The number of aromatic hydroxyl groups is 1.